The van der Waals surface area contributed by atoms with Gasteiger partial charge in [0.2, 0.25) is 0 Å². The standard InChI is InChI=1S/C15H22BrNO/c1-2-3-4-10-18-15-12(6-5-7-14(15)16)11-17-13-8-9-13/h5-7,13,17H,2-4,8-11H2,1H3. The second-order valence-electron chi connectivity index (χ2n) is 4.94. The third kappa shape index (κ3) is 4.29. The molecular formula is C15H22BrNO. The van der Waals surface area contributed by atoms with Crippen LogP contribution in [0.5, 0.6) is 5.75 Å². The van der Waals surface area contributed by atoms with Crippen molar-refractivity contribution in [3.05, 3.63) is 28.2 Å². The molecule has 0 saturated heterocycles. The van der Waals surface area contributed by atoms with Crippen LogP contribution in [0.25, 0.3) is 0 Å². The Balaban J connectivity index is 1.91. The minimum absolute atomic E-state index is 0.733. The molecule has 0 spiro atoms. The summed E-state index contributed by atoms with van der Waals surface area (Å²) in [5.74, 6) is 1.02. The van der Waals surface area contributed by atoms with Gasteiger partial charge in [0.1, 0.15) is 5.75 Å². The Hall–Kier alpha value is -0.540. The summed E-state index contributed by atoms with van der Waals surface area (Å²) in [6, 6.07) is 7.01. The van der Waals surface area contributed by atoms with Gasteiger partial charge in [-0.1, -0.05) is 31.9 Å². The number of para-hydroxylation sites is 1. The molecule has 0 amide bonds. The Bertz CT molecular complexity index is 377. The first-order chi connectivity index (χ1) is 8.81. The number of ether oxygens (including phenoxy) is 1. The fourth-order valence-electron chi connectivity index (χ4n) is 1.92. The molecule has 2 nitrogen and oxygen atoms in total. The van der Waals surface area contributed by atoms with Crippen molar-refractivity contribution in [3.63, 3.8) is 0 Å². The summed E-state index contributed by atoms with van der Waals surface area (Å²) in [7, 11) is 0. The van der Waals surface area contributed by atoms with Crippen molar-refractivity contribution in [3.8, 4) is 5.75 Å². The van der Waals surface area contributed by atoms with Crippen LogP contribution in [0.1, 0.15) is 44.6 Å². The van der Waals surface area contributed by atoms with E-state index in [4.69, 9.17) is 4.74 Å². The second-order valence-corrected chi connectivity index (χ2v) is 5.79. The summed E-state index contributed by atoms with van der Waals surface area (Å²) in [5, 5.41) is 3.54. The molecule has 0 unspecified atom stereocenters. The molecule has 1 aliphatic carbocycles. The van der Waals surface area contributed by atoms with Gasteiger partial charge in [-0.2, -0.15) is 0 Å². The summed E-state index contributed by atoms with van der Waals surface area (Å²) in [6.07, 6.45) is 6.24. The van der Waals surface area contributed by atoms with E-state index in [2.05, 4.69) is 46.4 Å². The van der Waals surface area contributed by atoms with Gasteiger partial charge in [-0.05, 0) is 41.3 Å². The number of halogens is 1. The third-order valence-corrected chi connectivity index (χ3v) is 3.83. The van der Waals surface area contributed by atoms with Crippen LogP contribution in [0, 0.1) is 0 Å². The summed E-state index contributed by atoms with van der Waals surface area (Å²) < 4.78 is 7.00. The highest BCUT2D eigenvalue weighted by Crippen LogP contribution is 2.30. The molecule has 0 bridgehead atoms. The molecule has 0 atom stereocenters. The van der Waals surface area contributed by atoms with Crippen molar-refractivity contribution in [2.24, 2.45) is 0 Å². The maximum Gasteiger partial charge on any atom is 0.137 e. The van der Waals surface area contributed by atoms with Gasteiger partial charge in [0, 0.05) is 18.2 Å². The fourth-order valence-corrected chi connectivity index (χ4v) is 2.44. The van der Waals surface area contributed by atoms with Gasteiger partial charge in [-0.3, -0.25) is 0 Å². The van der Waals surface area contributed by atoms with E-state index in [1.165, 1.54) is 31.2 Å². The fraction of sp³-hybridized carbons (Fsp3) is 0.600. The molecule has 3 heteroatoms. The third-order valence-electron chi connectivity index (χ3n) is 3.20. The predicted molar refractivity (Wildman–Crippen MR) is 79.0 cm³/mol. The molecule has 0 aromatic heterocycles. The first-order valence-electron chi connectivity index (χ1n) is 6.95. The van der Waals surface area contributed by atoms with Crippen LogP contribution in [-0.4, -0.2) is 12.6 Å². The van der Waals surface area contributed by atoms with Gasteiger partial charge in [-0.25, -0.2) is 0 Å². The van der Waals surface area contributed by atoms with Crippen LogP contribution in [-0.2, 0) is 6.54 Å². The van der Waals surface area contributed by atoms with Crippen molar-refractivity contribution < 1.29 is 4.74 Å². The van der Waals surface area contributed by atoms with Crippen LogP contribution in [0.3, 0.4) is 0 Å². The molecule has 2 rings (SSSR count). The van der Waals surface area contributed by atoms with E-state index < -0.39 is 0 Å². The van der Waals surface area contributed by atoms with Crippen molar-refractivity contribution in [2.75, 3.05) is 6.61 Å². The lowest BCUT2D eigenvalue weighted by molar-refractivity contribution is 0.300. The summed E-state index contributed by atoms with van der Waals surface area (Å²) in [4.78, 5) is 0. The average molecular weight is 312 g/mol. The first kappa shape index (κ1) is 13.9. The van der Waals surface area contributed by atoms with Crippen LogP contribution in [0.4, 0.5) is 0 Å². The van der Waals surface area contributed by atoms with Crippen LogP contribution in [0.15, 0.2) is 22.7 Å². The van der Waals surface area contributed by atoms with E-state index in [1.54, 1.807) is 0 Å². The smallest absolute Gasteiger partial charge is 0.137 e. The zero-order valence-electron chi connectivity index (χ0n) is 11.0. The molecular weight excluding hydrogens is 290 g/mol. The SMILES string of the molecule is CCCCCOc1c(Br)cccc1CNC1CC1. The lowest BCUT2D eigenvalue weighted by Gasteiger charge is -2.13. The van der Waals surface area contributed by atoms with Crippen molar-refractivity contribution >= 4 is 15.9 Å². The Morgan fingerprint density at radius 1 is 1.33 bits per heavy atom. The minimum Gasteiger partial charge on any atom is -0.492 e. The van der Waals surface area contributed by atoms with Crippen LogP contribution in [0.2, 0.25) is 0 Å². The van der Waals surface area contributed by atoms with Crippen LogP contribution < -0.4 is 10.1 Å². The zero-order chi connectivity index (χ0) is 12.8. The topological polar surface area (TPSA) is 21.3 Å². The molecule has 0 heterocycles. The zero-order valence-corrected chi connectivity index (χ0v) is 12.6. The molecule has 100 valence electrons. The molecule has 0 radical (unpaired) electrons. The lowest BCUT2D eigenvalue weighted by Crippen LogP contribution is -2.16. The number of benzene rings is 1. The normalized spacial score (nSPS) is 14.8. The molecule has 1 fully saturated rings. The van der Waals surface area contributed by atoms with Gasteiger partial charge >= 0.3 is 0 Å². The number of hydrogen-bond acceptors (Lipinski definition) is 2. The van der Waals surface area contributed by atoms with Crippen molar-refractivity contribution in [1.29, 1.82) is 0 Å². The monoisotopic (exact) mass is 311 g/mol. The highest BCUT2D eigenvalue weighted by molar-refractivity contribution is 9.10. The van der Waals surface area contributed by atoms with E-state index in [-0.39, 0.29) is 0 Å². The summed E-state index contributed by atoms with van der Waals surface area (Å²) in [6.45, 7) is 3.93. The molecule has 1 aliphatic rings. The largest absolute Gasteiger partial charge is 0.492 e. The number of rotatable bonds is 8. The highest BCUT2D eigenvalue weighted by Gasteiger charge is 2.20. The summed E-state index contributed by atoms with van der Waals surface area (Å²) in [5.41, 5.74) is 1.26. The number of hydrogen-bond donors (Lipinski definition) is 1. The average Bonchev–Trinajstić information content (AvgIpc) is 3.18. The Morgan fingerprint density at radius 3 is 2.89 bits per heavy atom. The molecule has 1 N–H and O–H groups in total. The van der Waals surface area contributed by atoms with Gasteiger partial charge in [0.25, 0.3) is 0 Å². The van der Waals surface area contributed by atoms with Crippen LogP contribution >= 0.6 is 15.9 Å². The first-order valence-corrected chi connectivity index (χ1v) is 7.74. The Morgan fingerprint density at radius 2 is 2.17 bits per heavy atom. The molecule has 1 aromatic rings. The van der Waals surface area contributed by atoms with Gasteiger partial charge in [0.05, 0.1) is 11.1 Å². The summed E-state index contributed by atoms with van der Waals surface area (Å²) >= 11 is 3.59. The lowest BCUT2D eigenvalue weighted by atomic mass is 10.2. The van der Waals surface area contributed by atoms with Gasteiger partial charge in [0.15, 0.2) is 0 Å². The maximum atomic E-state index is 5.94. The maximum absolute atomic E-state index is 5.94. The van der Waals surface area contributed by atoms with E-state index in [1.807, 2.05) is 0 Å². The minimum atomic E-state index is 0.733. The van der Waals surface area contributed by atoms with Crippen molar-refractivity contribution in [2.45, 2.75) is 51.6 Å². The number of unbranched alkanes of at least 4 members (excludes halogenated alkanes) is 2. The van der Waals surface area contributed by atoms with Gasteiger partial charge in [-0.15, -0.1) is 0 Å². The van der Waals surface area contributed by atoms with E-state index in [9.17, 15) is 0 Å². The predicted octanol–water partition coefficient (Wildman–Crippen LogP) is 4.27. The van der Waals surface area contributed by atoms with E-state index >= 15 is 0 Å². The second kappa shape index (κ2) is 7.15. The van der Waals surface area contributed by atoms with Crippen molar-refractivity contribution in [1.82, 2.24) is 5.32 Å². The van der Waals surface area contributed by atoms with E-state index in [0.29, 0.717) is 0 Å². The molecule has 18 heavy (non-hydrogen) atoms. The molecule has 1 saturated carbocycles. The van der Waals surface area contributed by atoms with E-state index in [0.717, 1.165) is 35.8 Å². The molecule has 1 aromatic carbocycles. The number of nitrogens with one attached hydrogen (secondary N) is 1. The Labute approximate surface area is 118 Å². The van der Waals surface area contributed by atoms with Gasteiger partial charge < -0.3 is 10.1 Å². The Kier molecular flexibility index (Phi) is 5.51. The quantitative estimate of drug-likeness (QED) is 0.724. The highest BCUT2D eigenvalue weighted by atomic mass is 79.9. The molecule has 0 aliphatic heterocycles.